The van der Waals surface area contributed by atoms with Gasteiger partial charge in [0.2, 0.25) is 0 Å². The molecule has 1 aromatic rings. The maximum Gasteiger partial charge on any atom is 0.260 e. The van der Waals surface area contributed by atoms with Crippen LogP contribution in [0.1, 0.15) is 89.9 Å². The lowest BCUT2D eigenvalue weighted by Gasteiger charge is -2.46. The molecular weight excluding hydrogens is 482 g/mol. The number of thioether (sulfide) groups is 1. The Morgan fingerprint density at radius 1 is 0.946 bits per heavy atom. The van der Waals surface area contributed by atoms with Crippen molar-refractivity contribution in [2.24, 2.45) is 5.92 Å². The van der Waals surface area contributed by atoms with E-state index in [4.69, 9.17) is 9.47 Å². The van der Waals surface area contributed by atoms with Crippen LogP contribution in [0.15, 0.2) is 24.3 Å². The second kappa shape index (κ2) is 12.6. The van der Waals surface area contributed by atoms with Gasteiger partial charge in [0.05, 0.1) is 18.7 Å². The van der Waals surface area contributed by atoms with E-state index in [1.54, 1.807) is 7.11 Å². The summed E-state index contributed by atoms with van der Waals surface area (Å²) >= 11 is 2.18. The van der Waals surface area contributed by atoms with Crippen LogP contribution in [0, 0.1) is 5.92 Å². The Hall–Kier alpha value is -1.44. The van der Waals surface area contributed by atoms with Gasteiger partial charge in [0.1, 0.15) is 11.5 Å². The van der Waals surface area contributed by atoms with Crippen LogP contribution in [0.25, 0.3) is 0 Å². The molecule has 37 heavy (non-hydrogen) atoms. The molecule has 6 nitrogen and oxygen atoms in total. The molecule has 2 saturated carbocycles. The summed E-state index contributed by atoms with van der Waals surface area (Å²) < 4.78 is 11.5. The average molecular weight is 530 g/mol. The molecule has 2 aliphatic heterocycles. The van der Waals surface area contributed by atoms with E-state index in [-0.39, 0.29) is 28.8 Å². The van der Waals surface area contributed by atoms with E-state index in [1.165, 1.54) is 82.8 Å². The highest BCUT2D eigenvalue weighted by Crippen LogP contribution is 2.50. The van der Waals surface area contributed by atoms with Gasteiger partial charge in [-0.2, -0.15) is 11.8 Å². The molecule has 0 radical (unpaired) electrons. The van der Waals surface area contributed by atoms with Gasteiger partial charge < -0.3 is 14.4 Å². The second-order valence-electron chi connectivity index (χ2n) is 11.8. The van der Waals surface area contributed by atoms with Crippen LogP contribution < -0.4 is 20.3 Å². The van der Waals surface area contributed by atoms with Gasteiger partial charge in [0.15, 0.2) is 6.61 Å². The van der Waals surface area contributed by atoms with Gasteiger partial charge in [-0.15, -0.1) is 0 Å². The monoisotopic (exact) mass is 529 g/mol. The van der Waals surface area contributed by atoms with Gasteiger partial charge in [0.25, 0.3) is 5.91 Å². The number of carbonyl (C=O) groups excluding carboxylic acids is 1. The zero-order valence-corrected chi connectivity index (χ0v) is 23.6. The number of nitrogens with one attached hydrogen (secondary N) is 2. The quantitative estimate of drug-likeness (QED) is 0.421. The first-order chi connectivity index (χ1) is 18.1. The van der Waals surface area contributed by atoms with Crippen molar-refractivity contribution in [2.45, 2.75) is 106 Å². The topological polar surface area (TPSA) is 62.8 Å². The van der Waals surface area contributed by atoms with Gasteiger partial charge >= 0.3 is 0 Å². The number of benzene rings is 1. The summed E-state index contributed by atoms with van der Waals surface area (Å²) in [5, 5.41) is 0. The first-order valence-electron chi connectivity index (χ1n) is 14.8. The number of ether oxygens (including phenoxy) is 2. The molecule has 5 rings (SSSR count). The summed E-state index contributed by atoms with van der Waals surface area (Å²) in [7, 11) is 1.66. The van der Waals surface area contributed by atoms with Crippen molar-refractivity contribution >= 4 is 17.7 Å². The van der Waals surface area contributed by atoms with E-state index < -0.39 is 0 Å². The third kappa shape index (κ3) is 6.25. The maximum atomic E-state index is 14.1. The van der Waals surface area contributed by atoms with Gasteiger partial charge in [-0.3, -0.25) is 10.2 Å². The summed E-state index contributed by atoms with van der Waals surface area (Å²) in [5.74, 6) is 3.59. The van der Waals surface area contributed by atoms with E-state index in [0.717, 1.165) is 37.4 Å². The number of hydrogen-bond donors (Lipinski definition) is 2. The Labute approximate surface area is 228 Å². The molecule has 2 unspecified atom stereocenters. The number of nitrogens with zero attached hydrogens (tertiary/aromatic N) is 1. The SMILES string of the molecule is COc1ccc(OCC(=O)N(CC2(C3CCCCCC3)CCCS2)C2CNNC23CCCCCC3)cc1. The number of carbonyl (C=O) groups is 1. The van der Waals surface area contributed by atoms with E-state index in [2.05, 4.69) is 27.5 Å². The molecular formula is C30H47N3O3S. The van der Waals surface area contributed by atoms with Crippen molar-refractivity contribution in [3.05, 3.63) is 24.3 Å². The van der Waals surface area contributed by atoms with Crippen molar-refractivity contribution in [1.29, 1.82) is 0 Å². The van der Waals surface area contributed by atoms with Crippen molar-refractivity contribution in [3.63, 3.8) is 0 Å². The van der Waals surface area contributed by atoms with Crippen LogP contribution in [0.4, 0.5) is 0 Å². The van der Waals surface area contributed by atoms with Gasteiger partial charge in [-0.25, -0.2) is 5.43 Å². The highest BCUT2D eigenvalue weighted by Gasteiger charge is 2.51. The molecule has 0 bridgehead atoms. The summed E-state index contributed by atoms with van der Waals surface area (Å²) in [6.45, 7) is 1.77. The molecule has 2 saturated heterocycles. The lowest BCUT2D eigenvalue weighted by atomic mass is 9.79. The first kappa shape index (κ1) is 27.1. The van der Waals surface area contributed by atoms with Gasteiger partial charge in [-0.1, -0.05) is 51.4 Å². The normalized spacial score (nSPS) is 28.5. The van der Waals surface area contributed by atoms with Crippen LogP contribution in [-0.4, -0.2) is 59.7 Å². The fourth-order valence-electron chi connectivity index (χ4n) is 7.49. The predicted molar refractivity (Wildman–Crippen MR) is 151 cm³/mol. The number of hydrazine groups is 1. The number of rotatable bonds is 8. The van der Waals surface area contributed by atoms with E-state index in [9.17, 15) is 4.79 Å². The molecule has 4 aliphatic rings. The standard InChI is InChI=1S/C30H47N3O3S/c1-35-25-13-15-26(16-14-25)36-22-28(34)33(27-21-31-32-29(27)17-8-4-5-9-18-29)23-30(19-10-20-37-30)24-11-6-2-3-7-12-24/h13-16,24,27,31-32H,2-12,17-23H2,1H3. The molecule has 2 heterocycles. The lowest BCUT2D eigenvalue weighted by Crippen LogP contribution is -2.61. The Morgan fingerprint density at radius 3 is 2.27 bits per heavy atom. The van der Waals surface area contributed by atoms with Gasteiger partial charge in [0, 0.05) is 17.8 Å². The molecule has 206 valence electrons. The molecule has 2 atom stereocenters. The van der Waals surface area contributed by atoms with Crippen LogP contribution in [0.5, 0.6) is 11.5 Å². The lowest BCUT2D eigenvalue weighted by molar-refractivity contribution is -0.137. The minimum absolute atomic E-state index is 0.0276. The van der Waals surface area contributed by atoms with E-state index in [1.807, 2.05) is 24.3 Å². The molecule has 2 aliphatic carbocycles. The Morgan fingerprint density at radius 2 is 1.62 bits per heavy atom. The third-order valence-corrected chi connectivity index (χ3v) is 11.3. The molecule has 2 N–H and O–H groups in total. The zero-order valence-electron chi connectivity index (χ0n) is 22.8. The molecule has 4 fully saturated rings. The van der Waals surface area contributed by atoms with Crippen LogP contribution in [0.3, 0.4) is 0 Å². The molecule has 0 aromatic heterocycles. The van der Waals surface area contributed by atoms with Crippen LogP contribution in [-0.2, 0) is 4.79 Å². The summed E-state index contributed by atoms with van der Waals surface area (Å²) in [6, 6.07) is 7.73. The van der Waals surface area contributed by atoms with E-state index >= 15 is 0 Å². The maximum absolute atomic E-state index is 14.1. The second-order valence-corrected chi connectivity index (χ2v) is 13.3. The van der Waals surface area contributed by atoms with Crippen molar-refractivity contribution in [2.75, 3.05) is 32.6 Å². The number of hydrogen-bond acceptors (Lipinski definition) is 6. The fourth-order valence-corrected chi connectivity index (χ4v) is 9.17. The summed E-state index contributed by atoms with van der Waals surface area (Å²) in [4.78, 5) is 16.4. The average Bonchev–Trinajstić information content (AvgIpc) is 3.36. The fraction of sp³-hybridized carbons (Fsp3) is 0.767. The Balaban J connectivity index is 1.39. The Kier molecular flexibility index (Phi) is 9.25. The molecule has 1 aromatic carbocycles. The highest BCUT2D eigenvalue weighted by molar-refractivity contribution is 8.00. The van der Waals surface area contributed by atoms with Crippen molar-refractivity contribution in [1.82, 2.24) is 15.8 Å². The minimum atomic E-state index is -0.0276. The van der Waals surface area contributed by atoms with Gasteiger partial charge in [-0.05, 0) is 74.5 Å². The molecule has 7 heteroatoms. The number of methoxy groups -OCH3 is 1. The highest BCUT2D eigenvalue weighted by atomic mass is 32.2. The largest absolute Gasteiger partial charge is 0.497 e. The predicted octanol–water partition coefficient (Wildman–Crippen LogP) is 5.71. The smallest absolute Gasteiger partial charge is 0.260 e. The molecule has 1 spiro atoms. The summed E-state index contributed by atoms with van der Waals surface area (Å²) in [5.41, 5.74) is 7.18. The third-order valence-electron chi connectivity index (χ3n) is 9.56. The van der Waals surface area contributed by atoms with Crippen molar-refractivity contribution in [3.8, 4) is 11.5 Å². The van der Waals surface area contributed by atoms with Crippen LogP contribution >= 0.6 is 11.8 Å². The zero-order chi connectivity index (χ0) is 25.6. The first-order valence-corrected chi connectivity index (χ1v) is 15.8. The minimum Gasteiger partial charge on any atom is -0.497 e. The van der Waals surface area contributed by atoms with E-state index in [0.29, 0.717) is 5.92 Å². The van der Waals surface area contributed by atoms with Crippen LogP contribution in [0.2, 0.25) is 0 Å². The summed E-state index contributed by atoms with van der Waals surface area (Å²) in [6.07, 6.45) is 17.9. The van der Waals surface area contributed by atoms with Crippen molar-refractivity contribution < 1.29 is 14.3 Å². The Bertz CT molecular complexity index is 857. The molecule has 1 amide bonds. The number of amides is 1.